The summed E-state index contributed by atoms with van der Waals surface area (Å²) in [5, 5.41) is 0.356. The second kappa shape index (κ2) is 6.38. The number of halogens is 1. The number of esters is 1. The molecule has 0 bridgehead atoms. The third-order valence-electron chi connectivity index (χ3n) is 2.32. The maximum Gasteiger partial charge on any atom is 0.338 e. The number of benzene rings is 2. The minimum Gasteiger partial charge on any atom is -0.465 e. The summed E-state index contributed by atoms with van der Waals surface area (Å²) in [4.78, 5) is 11.7. The van der Waals surface area contributed by atoms with Crippen LogP contribution in [0.3, 0.4) is 0 Å². The molecule has 2 rings (SSSR count). The number of hydrogen-bond donors (Lipinski definition) is 0. The van der Waals surface area contributed by atoms with Gasteiger partial charge in [-0.05, 0) is 35.8 Å². The van der Waals surface area contributed by atoms with Gasteiger partial charge in [-0.2, -0.15) is 0 Å². The molecule has 0 amide bonds. The maximum absolute atomic E-state index is 11.7. The van der Waals surface area contributed by atoms with Gasteiger partial charge in [0, 0.05) is 5.33 Å². The molecule has 0 unspecified atom stereocenters. The number of methoxy groups -OCH3 is 1. The summed E-state index contributed by atoms with van der Waals surface area (Å²) in [7, 11) is 1.28. The van der Waals surface area contributed by atoms with Gasteiger partial charge in [-0.3, -0.25) is 0 Å². The Kier molecular flexibility index (Phi) is 2.82. The van der Waals surface area contributed by atoms with Crippen LogP contribution in [0.1, 0.15) is 22.8 Å². The Hall–Kier alpha value is -1.81. The lowest BCUT2D eigenvalue weighted by atomic mass is 10.1. The molecule has 0 aliphatic rings. The highest BCUT2D eigenvalue weighted by Gasteiger charge is 2.12. The summed E-state index contributed by atoms with van der Waals surface area (Å²) in [6.07, 6.45) is 0. The highest BCUT2D eigenvalue weighted by atomic mass is 79.9. The molecule has 0 N–H and O–H groups in total. The predicted molar refractivity (Wildman–Crippen MR) is 76.9 cm³/mol. The fraction of sp³-hybridized carbons (Fsp3) is 0.133. The van der Waals surface area contributed by atoms with Crippen molar-refractivity contribution in [2.75, 3.05) is 7.11 Å². The molecule has 19 heavy (non-hydrogen) atoms. The van der Waals surface area contributed by atoms with Crippen LogP contribution in [-0.2, 0) is 10.1 Å². The van der Waals surface area contributed by atoms with Gasteiger partial charge < -0.3 is 9.47 Å². The lowest BCUT2D eigenvalue weighted by Gasteiger charge is -2.09. The van der Waals surface area contributed by atoms with E-state index in [4.69, 9.17) is 11.6 Å². The Morgan fingerprint density at radius 2 is 2.00 bits per heavy atom. The Bertz CT molecular complexity index is 781. The van der Waals surface area contributed by atoms with E-state index in [1.165, 1.54) is 19.2 Å². The zero-order valence-corrected chi connectivity index (χ0v) is 11.6. The highest BCUT2D eigenvalue weighted by molar-refractivity contribution is 9.08. The van der Waals surface area contributed by atoms with Crippen molar-refractivity contribution in [1.82, 2.24) is 0 Å². The minimum absolute atomic E-state index is 0.246. The van der Waals surface area contributed by atoms with Gasteiger partial charge in [0.2, 0.25) is 0 Å². The molecule has 0 saturated heterocycles. The smallest absolute Gasteiger partial charge is 0.338 e. The molecule has 0 radical (unpaired) electrons. The summed E-state index contributed by atoms with van der Waals surface area (Å²) in [5.74, 6) is -0.526. The van der Waals surface area contributed by atoms with E-state index in [1.807, 2.05) is 0 Å². The molecule has 0 aliphatic heterocycles. The van der Waals surface area contributed by atoms with Gasteiger partial charge in [-0.25, -0.2) is 4.79 Å². The molecule has 2 aromatic rings. The molecular weight excluding hydrogens is 308 g/mol. The van der Waals surface area contributed by atoms with Crippen LogP contribution in [0.5, 0.6) is 11.5 Å². The second-order valence-electron chi connectivity index (χ2n) is 3.50. The van der Waals surface area contributed by atoms with Crippen molar-refractivity contribution in [2.24, 2.45) is 0 Å². The van der Waals surface area contributed by atoms with Crippen molar-refractivity contribution in [3.8, 4) is 11.5 Å². The topological polar surface area (TPSA) is 35.5 Å². The van der Waals surface area contributed by atoms with E-state index in [2.05, 4.69) is 20.7 Å². The van der Waals surface area contributed by atoms with Crippen molar-refractivity contribution >= 4 is 21.9 Å². The first kappa shape index (κ1) is 8.38. The summed E-state index contributed by atoms with van der Waals surface area (Å²) in [5.41, 5.74) is 0.939. The monoisotopic (exact) mass is 325 g/mol. The number of rotatable bonds is 4. The molecule has 4 heteroatoms. The van der Waals surface area contributed by atoms with Crippen LogP contribution in [0.25, 0.3) is 0 Å². The molecule has 0 heterocycles. The van der Waals surface area contributed by atoms with E-state index < -0.39 is 36.2 Å². The van der Waals surface area contributed by atoms with E-state index in [0.717, 1.165) is 0 Å². The lowest BCUT2D eigenvalue weighted by molar-refractivity contribution is 0.0600. The number of alkyl halides is 1. The average Bonchev–Trinajstić information content (AvgIpc) is 2.61. The standard InChI is InChI=1S/C15H13BrO3/c1-18-15(17)14-8-7-13(9-11(14)10-16)19-12-5-3-2-4-6-12/h2-9H,10H2,1H3/i2D,3D,4D,5D,6D. The molecule has 0 aliphatic carbocycles. The van der Waals surface area contributed by atoms with Crippen LogP contribution in [0.4, 0.5) is 0 Å². The van der Waals surface area contributed by atoms with Crippen LogP contribution in [0.15, 0.2) is 48.4 Å². The van der Waals surface area contributed by atoms with Crippen LogP contribution < -0.4 is 4.74 Å². The van der Waals surface area contributed by atoms with Gasteiger partial charge in [-0.1, -0.05) is 34.1 Å². The van der Waals surface area contributed by atoms with Gasteiger partial charge >= 0.3 is 5.97 Å². The van der Waals surface area contributed by atoms with Crippen LogP contribution in [0.2, 0.25) is 0 Å². The second-order valence-corrected chi connectivity index (χ2v) is 4.06. The fourth-order valence-corrected chi connectivity index (χ4v) is 1.92. The predicted octanol–water partition coefficient (Wildman–Crippen LogP) is 4.16. The van der Waals surface area contributed by atoms with Crippen LogP contribution in [0, 0.1) is 0 Å². The van der Waals surface area contributed by atoms with Crippen molar-refractivity contribution < 1.29 is 21.1 Å². The SMILES string of the molecule is [2H]c1c([2H])c([2H])c(Oc2ccc(C(=O)OC)c(CBr)c2)c([2H])c1[2H]. The Labute approximate surface area is 127 Å². The molecule has 2 aromatic carbocycles. The molecule has 0 spiro atoms. The van der Waals surface area contributed by atoms with Crippen LogP contribution in [-0.4, -0.2) is 13.1 Å². The summed E-state index contributed by atoms with van der Waals surface area (Å²) in [6, 6.07) is 2.21. The fourth-order valence-electron chi connectivity index (χ4n) is 1.46. The van der Waals surface area contributed by atoms with Gasteiger partial charge in [0.25, 0.3) is 0 Å². The average molecular weight is 326 g/mol. The van der Waals surface area contributed by atoms with E-state index in [9.17, 15) is 4.79 Å². The number of carbonyl (C=O) groups is 1. The molecule has 98 valence electrons. The summed E-state index contributed by atoms with van der Waals surface area (Å²) in [6.45, 7) is 0. The van der Waals surface area contributed by atoms with Gasteiger partial charge in [0.15, 0.2) is 0 Å². The Balaban J connectivity index is 2.48. The van der Waals surface area contributed by atoms with Gasteiger partial charge in [-0.15, -0.1) is 0 Å². The van der Waals surface area contributed by atoms with Crippen LogP contribution >= 0.6 is 15.9 Å². The Morgan fingerprint density at radius 3 is 2.63 bits per heavy atom. The van der Waals surface area contributed by atoms with Crippen molar-refractivity contribution in [3.63, 3.8) is 0 Å². The van der Waals surface area contributed by atoms with Gasteiger partial charge in [0.1, 0.15) is 11.5 Å². The molecular formula is C15H13BrO3. The van der Waals surface area contributed by atoms with Crippen molar-refractivity contribution in [1.29, 1.82) is 0 Å². The summed E-state index contributed by atoms with van der Waals surface area (Å²) < 4.78 is 48.7. The molecule has 0 atom stereocenters. The third kappa shape index (κ3) is 3.35. The molecule has 0 fully saturated rings. The number of carbonyl (C=O) groups excluding carboxylic acids is 1. The minimum atomic E-state index is -0.501. The number of hydrogen-bond acceptors (Lipinski definition) is 3. The number of para-hydroxylation sites is 1. The first-order valence-corrected chi connectivity index (χ1v) is 6.46. The van der Waals surface area contributed by atoms with Crippen molar-refractivity contribution in [2.45, 2.75) is 5.33 Å². The van der Waals surface area contributed by atoms with E-state index in [1.54, 1.807) is 6.07 Å². The van der Waals surface area contributed by atoms with E-state index >= 15 is 0 Å². The zero-order chi connectivity index (χ0) is 18.0. The quantitative estimate of drug-likeness (QED) is 0.625. The molecule has 0 aromatic heterocycles. The van der Waals surface area contributed by atoms with E-state index in [-0.39, 0.29) is 11.5 Å². The molecule has 0 saturated carbocycles. The van der Waals surface area contributed by atoms with E-state index in [0.29, 0.717) is 16.5 Å². The number of ether oxygens (including phenoxy) is 2. The zero-order valence-electron chi connectivity index (χ0n) is 15.0. The molecule has 3 nitrogen and oxygen atoms in total. The third-order valence-corrected chi connectivity index (χ3v) is 2.93. The lowest BCUT2D eigenvalue weighted by Crippen LogP contribution is -2.04. The largest absolute Gasteiger partial charge is 0.465 e. The normalized spacial score (nSPS) is 13.7. The van der Waals surface area contributed by atoms with Crippen molar-refractivity contribution in [3.05, 3.63) is 59.5 Å². The maximum atomic E-state index is 11.7. The first-order chi connectivity index (χ1) is 11.3. The Morgan fingerprint density at radius 1 is 1.26 bits per heavy atom. The summed E-state index contributed by atoms with van der Waals surface area (Å²) >= 11 is 3.26. The highest BCUT2D eigenvalue weighted by Crippen LogP contribution is 2.25. The van der Waals surface area contributed by atoms with Gasteiger partial charge in [0.05, 0.1) is 19.5 Å². The first-order valence-electron chi connectivity index (χ1n) is 7.83.